The van der Waals surface area contributed by atoms with Crippen molar-refractivity contribution in [3.05, 3.63) is 83.9 Å². The summed E-state index contributed by atoms with van der Waals surface area (Å²) in [6.07, 6.45) is 4.16. The molecule has 0 spiro atoms. The van der Waals surface area contributed by atoms with Gasteiger partial charge in [0, 0.05) is 0 Å². The van der Waals surface area contributed by atoms with Crippen LogP contribution >= 0.6 is 0 Å². The number of hydrogen-bond donors (Lipinski definition) is 0. The summed E-state index contributed by atoms with van der Waals surface area (Å²) in [7, 11) is 0. The van der Waals surface area contributed by atoms with Gasteiger partial charge in [0.25, 0.3) is 0 Å². The van der Waals surface area contributed by atoms with Crippen LogP contribution in [-0.4, -0.2) is 0 Å². The minimum atomic E-state index is 1.03. The summed E-state index contributed by atoms with van der Waals surface area (Å²) in [4.78, 5) is 0. The molecule has 0 N–H and O–H groups in total. The van der Waals surface area contributed by atoms with Crippen molar-refractivity contribution in [2.75, 3.05) is 0 Å². The zero-order valence-corrected chi connectivity index (χ0v) is 10.1. The van der Waals surface area contributed by atoms with Crippen LogP contribution in [0.25, 0.3) is 11.6 Å². The molecule has 0 radical (unpaired) electrons. The summed E-state index contributed by atoms with van der Waals surface area (Å²) in [6.45, 7) is 6.18. The molecule has 0 atom stereocenters. The first-order chi connectivity index (χ1) is 8.25. The van der Waals surface area contributed by atoms with Crippen molar-refractivity contribution < 1.29 is 0 Å². The van der Waals surface area contributed by atoms with Gasteiger partial charge in [0.05, 0.1) is 0 Å². The average Bonchev–Trinajstić information content (AvgIpc) is 2.37. The van der Waals surface area contributed by atoms with Gasteiger partial charge in [0.1, 0.15) is 0 Å². The quantitative estimate of drug-likeness (QED) is 0.656. The van der Waals surface area contributed by atoms with Gasteiger partial charge in [-0.1, -0.05) is 78.9 Å². The molecule has 17 heavy (non-hydrogen) atoms. The molecule has 0 bridgehead atoms. The molecule has 84 valence electrons. The first-order valence-corrected chi connectivity index (χ1v) is 5.75. The van der Waals surface area contributed by atoms with E-state index in [1.807, 2.05) is 18.2 Å². The molecule has 0 saturated carbocycles. The third-order valence-electron chi connectivity index (χ3n) is 2.66. The molecule has 2 aromatic carbocycles. The Labute approximate surface area is 103 Å². The number of aryl methyl sites for hydroxylation is 1. The normalized spacial score (nSPS) is 10.6. The predicted molar refractivity (Wildman–Crippen MR) is 75.7 cm³/mol. The minimum absolute atomic E-state index is 1.03. The van der Waals surface area contributed by atoms with E-state index >= 15 is 0 Å². The van der Waals surface area contributed by atoms with Gasteiger partial charge in [0.2, 0.25) is 0 Å². The second-order valence-corrected chi connectivity index (χ2v) is 4.14. The fourth-order valence-electron chi connectivity index (χ4n) is 1.72. The molecule has 0 aliphatic heterocycles. The van der Waals surface area contributed by atoms with E-state index < -0.39 is 0 Å². The highest BCUT2D eigenvalue weighted by Gasteiger charge is 1.93. The molecule has 0 amide bonds. The van der Waals surface area contributed by atoms with E-state index in [0.29, 0.717) is 0 Å². The van der Waals surface area contributed by atoms with Gasteiger partial charge >= 0.3 is 0 Å². The highest BCUT2D eigenvalue weighted by molar-refractivity contribution is 5.77. The van der Waals surface area contributed by atoms with E-state index in [1.165, 1.54) is 11.1 Å². The van der Waals surface area contributed by atoms with Crippen molar-refractivity contribution in [2.45, 2.75) is 6.92 Å². The van der Waals surface area contributed by atoms with E-state index in [-0.39, 0.29) is 0 Å². The van der Waals surface area contributed by atoms with E-state index in [1.54, 1.807) is 0 Å². The molecular weight excluding hydrogens is 204 g/mol. The Morgan fingerprint density at radius 1 is 1.00 bits per heavy atom. The van der Waals surface area contributed by atoms with Gasteiger partial charge in [-0.25, -0.2) is 0 Å². The van der Waals surface area contributed by atoms with Crippen LogP contribution in [0.2, 0.25) is 0 Å². The maximum absolute atomic E-state index is 4.08. The summed E-state index contributed by atoms with van der Waals surface area (Å²) in [5, 5.41) is 0. The van der Waals surface area contributed by atoms with Crippen LogP contribution in [0.1, 0.15) is 16.7 Å². The highest BCUT2D eigenvalue weighted by Crippen LogP contribution is 2.15. The second-order valence-electron chi connectivity index (χ2n) is 4.14. The van der Waals surface area contributed by atoms with E-state index in [2.05, 4.69) is 62.1 Å². The van der Waals surface area contributed by atoms with Crippen LogP contribution in [0.4, 0.5) is 0 Å². The Hall–Kier alpha value is -2.08. The number of benzene rings is 2. The van der Waals surface area contributed by atoms with Crippen LogP contribution < -0.4 is 0 Å². The molecular formula is C17H16. The van der Waals surface area contributed by atoms with E-state index in [0.717, 1.165) is 11.1 Å². The largest absolute Gasteiger partial charge is 0.0912 e. The maximum Gasteiger partial charge on any atom is -0.0190 e. The smallest absolute Gasteiger partial charge is 0.0190 e. The fraction of sp³-hybridized carbons (Fsp3) is 0.0588. The van der Waals surface area contributed by atoms with Crippen LogP contribution in [0.5, 0.6) is 0 Å². The van der Waals surface area contributed by atoms with Crippen molar-refractivity contribution >= 4 is 11.6 Å². The first-order valence-electron chi connectivity index (χ1n) is 5.75. The lowest BCUT2D eigenvalue weighted by molar-refractivity contribution is 1.46. The fourth-order valence-corrected chi connectivity index (χ4v) is 1.72. The lowest BCUT2D eigenvalue weighted by atomic mass is 10.1. The average molecular weight is 220 g/mol. The zero-order valence-electron chi connectivity index (χ0n) is 10.1. The van der Waals surface area contributed by atoms with Crippen molar-refractivity contribution in [1.82, 2.24) is 0 Å². The molecule has 0 heteroatoms. The molecule has 0 nitrogen and oxygen atoms in total. The molecule has 2 rings (SSSR count). The third kappa shape index (κ3) is 3.18. The van der Waals surface area contributed by atoms with E-state index in [4.69, 9.17) is 0 Å². The molecule has 0 heterocycles. The summed E-state index contributed by atoms with van der Waals surface area (Å²) < 4.78 is 0. The van der Waals surface area contributed by atoms with Crippen molar-refractivity contribution in [3.8, 4) is 0 Å². The lowest BCUT2D eigenvalue weighted by Gasteiger charge is -2.00. The summed E-state index contributed by atoms with van der Waals surface area (Å²) >= 11 is 0. The van der Waals surface area contributed by atoms with Gasteiger partial charge in [0.15, 0.2) is 0 Å². The Morgan fingerprint density at radius 2 is 1.76 bits per heavy atom. The summed E-state index contributed by atoms with van der Waals surface area (Å²) in [5.41, 5.74) is 4.68. The molecule has 0 unspecified atom stereocenters. The van der Waals surface area contributed by atoms with Crippen molar-refractivity contribution in [3.63, 3.8) is 0 Å². The van der Waals surface area contributed by atoms with Gasteiger partial charge < -0.3 is 0 Å². The van der Waals surface area contributed by atoms with Crippen molar-refractivity contribution in [2.24, 2.45) is 0 Å². The monoisotopic (exact) mass is 220 g/mol. The van der Waals surface area contributed by atoms with Crippen LogP contribution in [-0.2, 0) is 0 Å². The van der Waals surface area contributed by atoms with Gasteiger partial charge in [-0.2, -0.15) is 0 Å². The Kier molecular flexibility index (Phi) is 3.56. The molecule has 2 aromatic rings. The Balaban J connectivity index is 2.14. The van der Waals surface area contributed by atoms with E-state index in [9.17, 15) is 0 Å². The highest BCUT2D eigenvalue weighted by atomic mass is 14.0. The molecule has 0 aromatic heterocycles. The van der Waals surface area contributed by atoms with Gasteiger partial charge in [-0.3, -0.25) is 0 Å². The second kappa shape index (κ2) is 5.31. The predicted octanol–water partition coefficient (Wildman–Crippen LogP) is 4.72. The van der Waals surface area contributed by atoms with Crippen LogP contribution in [0, 0.1) is 6.92 Å². The van der Waals surface area contributed by atoms with Gasteiger partial charge in [-0.15, -0.1) is 0 Å². The van der Waals surface area contributed by atoms with Crippen LogP contribution in [0.15, 0.2) is 67.3 Å². The minimum Gasteiger partial charge on any atom is -0.0912 e. The van der Waals surface area contributed by atoms with Gasteiger partial charge in [-0.05, 0) is 23.6 Å². The van der Waals surface area contributed by atoms with Crippen molar-refractivity contribution in [1.29, 1.82) is 0 Å². The Bertz CT molecular complexity index is 533. The maximum atomic E-state index is 4.08. The third-order valence-corrected chi connectivity index (χ3v) is 2.66. The first kappa shape index (κ1) is 11.4. The standard InChI is InChI=1S/C17H16/c1-14-7-6-8-16(13-14)12-11-15(2)17-9-4-3-5-10-17/h3-13H,2H2,1H3/b12-11+. The Morgan fingerprint density at radius 3 is 2.47 bits per heavy atom. The molecule has 0 saturated heterocycles. The number of hydrogen-bond acceptors (Lipinski definition) is 0. The lowest BCUT2D eigenvalue weighted by Crippen LogP contribution is -1.78. The summed E-state index contributed by atoms with van der Waals surface area (Å²) in [5.74, 6) is 0. The number of allylic oxidation sites excluding steroid dienone is 2. The summed E-state index contributed by atoms with van der Waals surface area (Å²) in [6, 6.07) is 18.6. The topological polar surface area (TPSA) is 0 Å². The number of rotatable bonds is 3. The molecule has 0 fully saturated rings. The molecule has 0 aliphatic rings. The molecule has 0 aliphatic carbocycles. The zero-order chi connectivity index (χ0) is 12.1. The van der Waals surface area contributed by atoms with Crippen LogP contribution in [0.3, 0.4) is 0 Å². The SMILES string of the molecule is C=C(/C=C/c1cccc(C)c1)c1ccccc1.